The Morgan fingerprint density at radius 1 is 1.11 bits per heavy atom. The third-order valence-corrected chi connectivity index (χ3v) is 3.98. The number of benzene rings is 1. The Labute approximate surface area is 109 Å². The van der Waals surface area contributed by atoms with Crippen LogP contribution in [0.25, 0.3) is 5.69 Å². The summed E-state index contributed by atoms with van der Waals surface area (Å²) in [6.07, 6.45) is 7.45. The minimum atomic E-state index is 0.692. The highest BCUT2D eigenvalue weighted by atomic mass is 15.3. The molecule has 0 aliphatic heterocycles. The van der Waals surface area contributed by atoms with Crippen molar-refractivity contribution >= 4 is 0 Å². The third-order valence-electron chi connectivity index (χ3n) is 3.98. The molecule has 0 N–H and O–H groups in total. The first-order valence-corrected chi connectivity index (χ1v) is 6.87. The van der Waals surface area contributed by atoms with Crippen molar-refractivity contribution in [2.24, 2.45) is 0 Å². The monoisotopic (exact) mass is 240 g/mol. The molecule has 1 aliphatic rings. The predicted molar refractivity (Wildman–Crippen MR) is 74.2 cm³/mol. The van der Waals surface area contributed by atoms with Crippen LogP contribution in [0.2, 0.25) is 0 Å². The topological polar surface area (TPSA) is 17.8 Å². The van der Waals surface area contributed by atoms with Gasteiger partial charge in [-0.15, -0.1) is 0 Å². The second-order valence-corrected chi connectivity index (χ2v) is 5.46. The molecule has 18 heavy (non-hydrogen) atoms. The molecule has 0 saturated heterocycles. The van der Waals surface area contributed by atoms with Crippen molar-refractivity contribution in [1.29, 1.82) is 0 Å². The summed E-state index contributed by atoms with van der Waals surface area (Å²) in [6, 6.07) is 8.72. The van der Waals surface area contributed by atoms with Gasteiger partial charge in [0.1, 0.15) is 0 Å². The zero-order valence-electron chi connectivity index (χ0n) is 11.2. The first-order valence-electron chi connectivity index (χ1n) is 6.87. The van der Waals surface area contributed by atoms with E-state index in [0.29, 0.717) is 5.92 Å². The van der Waals surface area contributed by atoms with E-state index in [9.17, 15) is 0 Å². The van der Waals surface area contributed by atoms with Crippen LogP contribution in [-0.2, 0) is 0 Å². The van der Waals surface area contributed by atoms with E-state index in [1.807, 2.05) is 4.68 Å². The smallest absolute Gasteiger partial charge is 0.0674 e. The third kappa shape index (κ3) is 2.07. The molecule has 1 aromatic heterocycles. The van der Waals surface area contributed by atoms with E-state index in [1.54, 1.807) is 0 Å². The van der Waals surface area contributed by atoms with Crippen molar-refractivity contribution in [2.45, 2.75) is 45.4 Å². The molecule has 0 amide bonds. The fourth-order valence-electron chi connectivity index (χ4n) is 2.97. The van der Waals surface area contributed by atoms with Gasteiger partial charge in [-0.3, -0.25) is 0 Å². The molecule has 2 heteroatoms. The Bertz CT molecular complexity index is 548. The van der Waals surface area contributed by atoms with Gasteiger partial charge in [0.05, 0.1) is 11.4 Å². The quantitative estimate of drug-likeness (QED) is 0.771. The summed E-state index contributed by atoms with van der Waals surface area (Å²) in [5.74, 6) is 0.692. The molecule has 1 saturated carbocycles. The van der Waals surface area contributed by atoms with Crippen LogP contribution < -0.4 is 0 Å². The molecular formula is C16H20N2. The largest absolute Gasteiger partial charge is 0.240 e. The molecule has 94 valence electrons. The molecule has 1 heterocycles. The van der Waals surface area contributed by atoms with Crippen LogP contribution >= 0.6 is 0 Å². The lowest BCUT2D eigenvalue weighted by atomic mass is 10.1. The van der Waals surface area contributed by atoms with Crippen molar-refractivity contribution in [1.82, 2.24) is 9.78 Å². The van der Waals surface area contributed by atoms with E-state index in [4.69, 9.17) is 5.10 Å². The van der Waals surface area contributed by atoms with Gasteiger partial charge in [0.2, 0.25) is 0 Å². The molecular weight excluding hydrogens is 220 g/mol. The van der Waals surface area contributed by atoms with Crippen LogP contribution in [0.5, 0.6) is 0 Å². The lowest BCUT2D eigenvalue weighted by molar-refractivity contribution is 0.678. The lowest BCUT2D eigenvalue weighted by Crippen LogP contribution is -2.00. The molecule has 1 aliphatic carbocycles. The minimum Gasteiger partial charge on any atom is -0.240 e. The van der Waals surface area contributed by atoms with Crippen LogP contribution in [0.15, 0.2) is 30.5 Å². The molecule has 1 fully saturated rings. The van der Waals surface area contributed by atoms with E-state index in [-0.39, 0.29) is 0 Å². The summed E-state index contributed by atoms with van der Waals surface area (Å²) < 4.78 is 2.03. The van der Waals surface area contributed by atoms with Crippen molar-refractivity contribution < 1.29 is 0 Å². The number of hydrogen-bond acceptors (Lipinski definition) is 1. The van der Waals surface area contributed by atoms with Crippen LogP contribution in [0.1, 0.15) is 48.4 Å². The van der Waals surface area contributed by atoms with E-state index in [1.165, 1.54) is 48.2 Å². The molecule has 0 radical (unpaired) electrons. The Morgan fingerprint density at radius 2 is 1.89 bits per heavy atom. The van der Waals surface area contributed by atoms with Crippen LogP contribution in [0, 0.1) is 13.8 Å². The molecule has 2 aromatic rings. The standard InChI is InChI=1S/C16H20N2/c1-12-7-8-16(13(2)11-12)18-10-9-15(17-18)14-5-3-4-6-14/h7-11,14H,3-6H2,1-2H3. The van der Waals surface area contributed by atoms with Gasteiger partial charge in [0.15, 0.2) is 0 Å². The second kappa shape index (κ2) is 4.60. The van der Waals surface area contributed by atoms with E-state index in [2.05, 4.69) is 44.3 Å². The second-order valence-electron chi connectivity index (χ2n) is 5.46. The number of aromatic nitrogens is 2. The first-order chi connectivity index (χ1) is 8.74. The summed E-state index contributed by atoms with van der Waals surface area (Å²) in [4.78, 5) is 0. The van der Waals surface area contributed by atoms with Gasteiger partial charge in [-0.2, -0.15) is 5.10 Å². The Kier molecular flexibility index (Phi) is 2.94. The van der Waals surface area contributed by atoms with Gasteiger partial charge in [0, 0.05) is 12.1 Å². The SMILES string of the molecule is Cc1ccc(-n2ccc(C3CCCC3)n2)c(C)c1. The van der Waals surface area contributed by atoms with Crippen LogP contribution in [0.3, 0.4) is 0 Å². The zero-order valence-corrected chi connectivity index (χ0v) is 11.2. The molecule has 0 bridgehead atoms. The van der Waals surface area contributed by atoms with Gasteiger partial charge in [-0.1, -0.05) is 30.5 Å². The lowest BCUT2D eigenvalue weighted by Gasteiger charge is -2.08. The highest BCUT2D eigenvalue weighted by Gasteiger charge is 2.19. The Morgan fingerprint density at radius 3 is 2.61 bits per heavy atom. The van der Waals surface area contributed by atoms with Crippen molar-refractivity contribution in [3.8, 4) is 5.69 Å². The first kappa shape index (κ1) is 11.5. The van der Waals surface area contributed by atoms with Gasteiger partial charge >= 0.3 is 0 Å². The number of rotatable bonds is 2. The van der Waals surface area contributed by atoms with Gasteiger partial charge in [0.25, 0.3) is 0 Å². The van der Waals surface area contributed by atoms with Crippen molar-refractivity contribution in [3.63, 3.8) is 0 Å². The number of aryl methyl sites for hydroxylation is 2. The van der Waals surface area contributed by atoms with E-state index in [0.717, 1.165) is 0 Å². The average molecular weight is 240 g/mol. The van der Waals surface area contributed by atoms with Gasteiger partial charge < -0.3 is 0 Å². The van der Waals surface area contributed by atoms with Crippen LogP contribution in [-0.4, -0.2) is 9.78 Å². The summed E-state index contributed by atoms with van der Waals surface area (Å²) >= 11 is 0. The maximum atomic E-state index is 4.77. The summed E-state index contributed by atoms with van der Waals surface area (Å²) in [6.45, 7) is 4.28. The molecule has 1 aromatic carbocycles. The van der Waals surface area contributed by atoms with Crippen LogP contribution in [0.4, 0.5) is 0 Å². The minimum absolute atomic E-state index is 0.692. The molecule has 0 spiro atoms. The molecule has 0 unspecified atom stereocenters. The molecule has 2 nitrogen and oxygen atoms in total. The van der Waals surface area contributed by atoms with Gasteiger partial charge in [-0.25, -0.2) is 4.68 Å². The fraction of sp³-hybridized carbons (Fsp3) is 0.438. The number of nitrogens with zero attached hydrogens (tertiary/aromatic N) is 2. The maximum Gasteiger partial charge on any atom is 0.0674 e. The summed E-state index contributed by atoms with van der Waals surface area (Å²) in [5, 5.41) is 4.77. The normalized spacial score (nSPS) is 16.3. The summed E-state index contributed by atoms with van der Waals surface area (Å²) in [5.41, 5.74) is 5.06. The number of hydrogen-bond donors (Lipinski definition) is 0. The molecule has 3 rings (SSSR count). The zero-order chi connectivity index (χ0) is 12.5. The Hall–Kier alpha value is -1.57. The maximum absolute atomic E-state index is 4.77. The highest BCUT2D eigenvalue weighted by molar-refractivity contribution is 5.42. The average Bonchev–Trinajstić information content (AvgIpc) is 2.99. The van der Waals surface area contributed by atoms with Crippen molar-refractivity contribution in [2.75, 3.05) is 0 Å². The van der Waals surface area contributed by atoms with E-state index >= 15 is 0 Å². The molecule has 0 atom stereocenters. The highest BCUT2D eigenvalue weighted by Crippen LogP contribution is 2.33. The van der Waals surface area contributed by atoms with E-state index < -0.39 is 0 Å². The Balaban J connectivity index is 1.92. The predicted octanol–water partition coefficient (Wildman–Crippen LogP) is 4.15. The summed E-state index contributed by atoms with van der Waals surface area (Å²) in [7, 11) is 0. The van der Waals surface area contributed by atoms with Crippen molar-refractivity contribution in [3.05, 3.63) is 47.3 Å². The fourth-order valence-corrected chi connectivity index (χ4v) is 2.97. The van der Waals surface area contributed by atoms with Gasteiger partial charge in [-0.05, 0) is 44.4 Å².